The number of benzene rings is 1. The number of H-pyrrole nitrogens is 2. The van der Waals surface area contributed by atoms with E-state index in [-0.39, 0.29) is 17.9 Å². The number of anilines is 1. The maximum atomic E-state index is 12.2. The van der Waals surface area contributed by atoms with Gasteiger partial charge in [-0.05, 0) is 30.2 Å². The molecule has 2 amide bonds. The van der Waals surface area contributed by atoms with Gasteiger partial charge in [-0.25, -0.2) is 4.98 Å². The Balaban J connectivity index is 1.28. The largest absolute Gasteiger partial charge is 0.361 e. The molecule has 0 aliphatic rings. The molecule has 3 aromatic heterocycles. The topological polar surface area (TPSA) is 120 Å². The molecule has 0 aliphatic heterocycles. The third-order valence-electron chi connectivity index (χ3n) is 4.57. The molecule has 8 nitrogen and oxygen atoms in total. The minimum atomic E-state index is -0.541. The van der Waals surface area contributed by atoms with E-state index in [0.717, 1.165) is 22.9 Å². The van der Waals surface area contributed by atoms with Crippen molar-refractivity contribution in [3.8, 4) is 0 Å². The van der Waals surface area contributed by atoms with Crippen LogP contribution >= 0.6 is 11.3 Å². The number of carbonyl (C=O) groups is 2. The molecule has 1 aromatic carbocycles. The molecule has 9 heteroatoms. The van der Waals surface area contributed by atoms with E-state index in [0.29, 0.717) is 17.4 Å². The summed E-state index contributed by atoms with van der Waals surface area (Å²) < 4.78 is 0. The second-order valence-electron chi connectivity index (χ2n) is 6.65. The first kappa shape index (κ1) is 19.6. The molecule has 152 valence electrons. The fourth-order valence-electron chi connectivity index (χ4n) is 3.11. The molecular formula is C21H19N5O3S. The van der Waals surface area contributed by atoms with Gasteiger partial charge in [-0.1, -0.05) is 18.2 Å². The number of rotatable bonds is 7. The average molecular weight is 421 g/mol. The van der Waals surface area contributed by atoms with Crippen molar-refractivity contribution in [3.63, 3.8) is 0 Å². The Labute approximate surface area is 175 Å². The van der Waals surface area contributed by atoms with Crippen LogP contribution in [0.1, 0.15) is 21.6 Å². The molecule has 0 fully saturated rings. The minimum Gasteiger partial charge on any atom is -0.361 e. The van der Waals surface area contributed by atoms with Crippen molar-refractivity contribution >= 4 is 39.2 Å². The molecule has 0 aliphatic carbocycles. The number of para-hydroxylation sites is 1. The standard InChI is InChI=1S/C21H19N5O3S/c27-18(22-9-7-13-11-24-17-6-2-1-4-15(13)17)10-14-12-30-21(25-14)26-20(29)16-5-3-8-23-19(16)28/h1-6,8,11-12,24H,7,9-10H2,(H,22,27)(H,23,28)(H,25,26,29). The van der Waals surface area contributed by atoms with E-state index in [1.807, 2.05) is 24.4 Å². The molecule has 3 heterocycles. The Hall–Kier alpha value is -3.72. The van der Waals surface area contributed by atoms with Gasteiger partial charge in [0.2, 0.25) is 5.91 Å². The zero-order valence-electron chi connectivity index (χ0n) is 15.9. The number of nitrogens with zero attached hydrogens (tertiary/aromatic N) is 1. The highest BCUT2D eigenvalue weighted by Gasteiger charge is 2.13. The van der Waals surface area contributed by atoms with Gasteiger partial charge in [0.15, 0.2) is 5.13 Å². The minimum absolute atomic E-state index is 0.00396. The molecule has 0 spiro atoms. The summed E-state index contributed by atoms with van der Waals surface area (Å²) in [6.45, 7) is 0.519. The predicted octanol–water partition coefficient (Wildman–Crippen LogP) is 2.47. The number of aromatic amines is 2. The Bertz CT molecular complexity index is 1260. The fraction of sp³-hybridized carbons (Fsp3) is 0.143. The van der Waals surface area contributed by atoms with Crippen LogP contribution in [0, 0.1) is 0 Å². The van der Waals surface area contributed by atoms with Crippen molar-refractivity contribution in [1.82, 2.24) is 20.3 Å². The molecule has 0 saturated heterocycles. The molecule has 0 unspecified atom stereocenters. The number of thiazole rings is 1. The van der Waals surface area contributed by atoms with Crippen molar-refractivity contribution in [2.45, 2.75) is 12.8 Å². The lowest BCUT2D eigenvalue weighted by molar-refractivity contribution is -0.120. The summed E-state index contributed by atoms with van der Waals surface area (Å²) in [5.41, 5.74) is 2.32. The number of fused-ring (bicyclic) bond motifs is 1. The van der Waals surface area contributed by atoms with Gasteiger partial charge in [-0.3, -0.25) is 19.7 Å². The summed E-state index contributed by atoms with van der Waals surface area (Å²) in [6, 6.07) is 11.0. The Morgan fingerprint density at radius 3 is 2.83 bits per heavy atom. The first-order valence-corrected chi connectivity index (χ1v) is 10.2. The maximum Gasteiger partial charge on any atom is 0.263 e. The molecule has 30 heavy (non-hydrogen) atoms. The van der Waals surface area contributed by atoms with Crippen LogP contribution in [0.25, 0.3) is 10.9 Å². The van der Waals surface area contributed by atoms with Crippen molar-refractivity contribution in [1.29, 1.82) is 0 Å². The molecular weight excluding hydrogens is 402 g/mol. The highest BCUT2D eigenvalue weighted by Crippen LogP contribution is 2.18. The lowest BCUT2D eigenvalue weighted by atomic mass is 10.1. The van der Waals surface area contributed by atoms with E-state index in [1.165, 1.54) is 23.6 Å². The number of nitrogens with one attached hydrogen (secondary N) is 4. The number of hydrogen-bond acceptors (Lipinski definition) is 5. The highest BCUT2D eigenvalue weighted by atomic mass is 32.1. The molecule has 0 atom stereocenters. The molecule has 4 aromatic rings. The zero-order valence-corrected chi connectivity index (χ0v) is 16.7. The monoisotopic (exact) mass is 421 g/mol. The zero-order chi connectivity index (χ0) is 20.9. The summed E-state index contributed by atoms with van der Waals surface area (Å²) in [4.78, 5) is 46.0. The lowest BCUT2D eigenvalue weighted by Crippen LogP contribution is -2.27. The Kier molecular flexibility index (Phi) is 5.71. The SMILES string of the molecule is O=C(Cc1csc(NC(=O)c2ccc[nH]c2=O)n1)NCCc1c[nH]c2ccccc12. The number of pyridine rings is 1. The second kappa shape index (κ2) is 8.75. The first-order chi connectivity index (χ1) is 14.6. The van der Waals surface area contributed by atoms with Crippen LogP contribution in [0.4, 0.5) is 5.13 Å². The van der Waals surface area contributed by atoms with Crippen LogP contribution in [0.15, 0.2) is 59.0 Å². The predicted molar refractivity (Wildman–Crippen MR) is 116 cm³/mol. The van der Waals surface area contributed by atoms with E-state index < -0.39 is 11.5 Å². The van der Waals surface area contributed by atoms with Gasteiger partial charge in [0.05, 0.1) is 12.1 Å². The summed E-state index contributed by atoms with van der Waals surface area (Å²) >= 11 is 1.20. The fourth-order valence-corrected chi connectivity index (χ4v) is 3.82. The van der Waals surface area contributed by atoms with Crippen LogP contribution in [-0.4, -0.2) is 33.3 Å². The van der Waals surface area contributed by atoms with E-state index in [2.05, 4.69) is 31.7 Å². The number of hydrogen-bond donors (Lipinski definition) is 4. The van der Waals surface area contributed by atoms with Crippen molar-refractivity contribution in [2.24, 2.45) is 0 Å². The van der Waals surface area contributed by atoms with Gasteiger partial charge in [0, 0.05) is 35.2 Å². The summed E-state index contributed by atoms with van der Waals surface area (Å²) in [7, 11) is 0. The third kappa shape index (κ3) is 4.47. The average Bonchev–Trinajstić information content (AvgIpc) is 3.35. The smallest absolute Gasteiger partial charge is 0.263 e. The molecule has 4 rings (SSSR count). The molecule has 0 radical (unpaired) electrons. The molecule has 4 N–H and O–H groups in total. The highest BCUT2D eigenvalue weighted by molar-refractivity contribution is 7.14. The van der Waals surface area contributed by atoms with Gasteiger partial charge in [0.25, 0.3) is 11.5 Å². The normalized spacial score (nSPS) is 10.8. The van der Waals surface area contributed by atoms with Crippen LogP contribution in [0.3, 0.4) is 0 Å². The number of amides is 2. The van der Waals surface area contributed by atoms with E-state index in [4.69, 9.17) is 0 Å². The molecule has 0 saturated carbocycles. The van der Waals surface area contributed by atoms with Crippen molar-refractivity contribution < 1.29 is 9.59 Å². The van der Waals surface area contributed by atoms with Gasteiger partial charge in [0.1, 0.15) is 5.56 Å². The number of aromatic nitrogens is 3. The third-order valence-corrected chi connectivity index (χ3v) is 5.37. The summed E-state index contributed by atoms with van der Waals surface area (Å²) in [6.07, 6.45) is 4.26. The Morgan fingerprint density at radius 1 is 1.10 bits per heavy atom. The van der Waals surface area contributed by atoms with Crippen LogP contribution in [0.5, 0.6) is 0 Å². The van der Waals surface area contributed by atoms with Gasteiger partial charge >= 0.3 is 0 Å². The number of carbonyl (C=O) groups excluding carboxylic acids is 2. The van der Waals surface area contributed by atoms with E-state index in [9.17, 15) is 14.4 Å². The van der Waals surface area contributed by atoms with Crippen molar-refractivity contribution in [3.05, 3.63) is 81.3 Å². The first-order valence-electron chi connectivity index (χ1n) is 9.35. The summed E-state index contributed by atoms with van der Waals surface area (Å²) in [5.74, 6) is -0.682. The van der Waals surface area contributed by atoms with E-state index in [1.54, 1.807) is 11.4 Å². The van der Waals surface area contributed by atoms with Crippen molar-refractivity contribution in [2.75, 3.05) is 11.9 Å². The lowest BCUT2D eigenvalue weighted by Gasteiger charge is -2.04. The maximum absolute atomic E-state index is 12.2. The van der Waals surface area contributed by atoms with Gasteiger partial charge in [-0.15, -0.1) is 11.3 Å². The molecule has 0 bridgehead atoms. The van der Waals surface area contributed by atoms with E-state index >= 15 is 0 Å². The second-order valence-corrected chi connectivity index (χ2v) is 7.51. The van der Waals surface area contributed by atoms with Crippen LogP contribution in [-0.2, 0) is 17.6 Å². The van der Waals surface area contributed by atoms with Gasteiger partial charge < -0.3 is 15.3 Å². The quantitative estimate of drug-likeness (QED) is 0.366. The summed E-state index contributed by atoms with van der Waals surface area (Å²) in [5, 5.41) is 8.69. The van der Waals surface area contributed by atoms with Gasteiger partial charge in [-0.2, -0.15) is 0 Å². The van der Waals surface area contributed by atoms with Crippen LogP contribution in [0.2, 0.25) is 0 Å². The van der Waals surface area contributed by atoms with Crippen LogP contribution < -0.4 is 16.2 Å². The Morgan fingerprint density at radius 2 is 1.97 bits per heavy atom.